The largest absolute Gasteiger partial charge is 0.481 e. The molecule has 0 aliphatic heterocycles. The third-order valence-corrected chi connectivity index (χ3v) is 4.52. The Labute approximate surface area is 129 Å². The molecule has 0 saturated heterocycles. The molecule has 0 radical (unpaired) electrons. The summed E-state index contributed by atoms with van der Waals surface area (Å²) in [4.78, 5) is 21.5. The van der Waals surface area contributed by atoms with Crippen LogP contribution in [0.2, 0.25) is 0 Å². The Hall–Kier alpha value is -1.93. The van der Waals surface area contributed by atoms with Crippen molar-refractivity contribution in [3.63, 3.8) is 0 Å². The molecule has 0 spiro atoms. The lowest BCUT2D eigenvalue weighted by Gasteiger charge is -2.14. The van der Waals surface area contributed by atoms with E-state index in [0.717, 1.165) is 0 Å². The van der Waals surface area contributed by atoms with Gasteiger partial charge in [-0.05, 0) is 25.0 Å². The van der Waals surface area contributed by atoms with Crippen LogP contribution >= 0.6 is 0 Å². The summed E-state index contributed by atoms with van der Waals surface area (Å²) in [5.74, 6) is -2.16. The van der Waals surface area contributed by atoms with Gasteiger partial charge in [0.25, 0.3) is 0 Å². The van der Waals surface area contributed by atoms with Crippen LogP contribution in [0.25, 0.3) is 0 Å². The van der Waals surface area contributed by atoms with E-state index < -0.39 is 28.0 Å². The van der Waals surface area contributed by atoms with Crippen molar-refractivity contribution in [2.75, 3.05) is 0 Å². The van der Waals surface area contributed by atoms with Gasteiger partial charge in [-0.2, -0.15) is 4.72 Å². The Morgan fingerprint density at radius 3 is 2.23 bits per heavy atom. The van der Waals surface area contributed by atoms with Gasteiger partial charge in [-0.1, -0.05) is 31.0 Å². The van der Waals surface area contributed by atoms with Gasteiger partial charge in [0.15, 0.2) is 0 Å². The SMILES string of the molecule is O=C(O)CCCCCC(NS(=O)(=O)c1ccccc1)C(=O)O. The molecule has 1 atom stereocenters. The Kier molecular flexibility index (Phi) is 7.00. The monoisotopic (exact) mass is 329 g/mol. The summed E-state index contributed by atoms with van der Waals surface area (Å²) >= 11 is 0. The van der Waals surface area contributed by atoms with Crippen LogP contribution in [0.1, 0.15) is 32.1 Å². The first-order chi connectivity index (χ1) is 10.3. The topological polar surface area (TPSA) is 121 Å². The fourth-order valence-corrected chi connectivity index (χ4v) is 3.13. The van der Waals surface area contributed by atoms with Gasteiger partial charge in [-0.15, -0.1) is 0 Å². The predicted molar refractivity (Wildman–Crippen MR) is 78.9 cm³/mol. The zero-order valence-corrected chi connectivity index (χ0v) is 12.8. The molecular weight excluding hydrogens is 310 g/mol. The molecule has 0 aliphatic carbocycles. The summed E-state index contributed by atoms with van der Waals surface area (Å²) in [6, 6.07) is 6.31. The highest BCUT2D eigenvalue weighted by Gasteiger charge is 2.24. The van der Waals surface area contributed by atoms with Crippen LogP contribution in [0, 0.1) is 0 Å². The van der Waals surface area contributed by atoms with Crippen LogP contribution in [0.4, 0.5) is 0 Å². The molecule has 0 fully saturated rings. The van der Waals surface area contributed by atoms with Crippen molar-refractivity contribution >= 4 is 22.0 Å². The van der Waals surface area contributed by atoms with E-state index >= 15 is 0 Å². The minimum absolute atomic E-state index is 0.00660. The highest BCUT2D eigenvalue weighted by atomic mass is 32.2. The van der Waals surface area contributed by atoms with Gasteiger partial charge < -0.3 is 10.2 Å². The van der Waals surface area contributed by atoms with E-state index in [0.29, 0.717) is 19.3 Å². The molecule has 1 rings (SSSR count). The van der Waals surface area contributed by atoms with Crippen molar-refractivity contribution in [1.82, 2.24) is 4.72 Å². The zero-order chi connectivity index (χ0) is 16.6. The van der Waals surface area contributed by atoms with Gasteiger partial charge in [-0.25, -0.2) is 8.42 Å². The number of sulfonamides is 1. The maximum atomic E-state index is 12.1. The van der Waals surface area contributed by atoms with Crippen molar-refractivity contribution in [3.8, 4) is 0 Å². The minimum atomic E-state index is -3.89. The van der Waals surface area contributed by atoms with Crippen LogP contribution in [0.5, 0.6) is 0 Å². The lowest BCUT2D eigenvalue weighted by Crippen LogP contribution is -2.40. The third-order valence-electron chi connectivity index (χ3n) is 3.03. The molecule has 122 valence electrons. The number of carboxylic acids is 2. The summed E-state index contributed by atoms with van der Waals surface area (Å²) in [7, 11) is -3.89. The number of hydrogen-bond donors (Lipinski definition) is 3. The first-order valence-electron chi connectivity index (χ1n) is 6.85. The molecule has 3 N–H and O–H groups in total. The molecule has 8 heteroatoms. The molecule has 1 aromatic carbocycles. The van der Waals surface area contributed by atoms with Crippen LogP contribution in [0.3, 0.4) is 0 Å². The summed E-state index contributed by atoms with van der Waals surface area (Å²) in [5.41, 5.74) is 0. The molecule has 0 heterocycles. The molecule has 0 aromatic heterocycles. The number of rotatable bonds is 10. The smallest absolute Gasteiger partial charge is 0.321 e. The zero-order valence-electron chi connectivity index (χ0n) is 11.9. The van der Waals surface area contributed by atoms with Gasteiger partial charge in [0.05, 0.1) is 4.90 Å². The van der Waals surface area contributed by atoms with E-state index in [1.54, 1.807) is 18.2 Å². The average Bonchev–Trinajstić information content (AvgIpc) is 2.46. The Bertz CT molecular complexity index is 599. The molecular formula is C14H19NO6S. The number of nitrogens with one attached hydrogen (secondary N) is 1. The normalized spacial score (nSPS) is 12.7. The summed E-state index contributed by atoms with van der Waals surface area (Å²) < 4.78 is 26.3. The Morgan fingerprint density at radius 1 is 1.05 bits per heavy atom. The molecule has 0 amide bonds. The Morgan fingerprint density at radius 2 is 1.68 bits per heavy atom. The number of carboxylic acid groups (broad SMARTS) is 2. The van der Waals surface area contributed by atoms with Crippen LogP contribution < -0.4 is 4.72 Å². The van der Waals surface area contributed by atoms with Crippen LogP contribution in [-0.2, 0) is 19.6 Å². The first-order valence-corrected chi connectivity index (χ1v) is 8.33. The first kappa shape index (κ1) is 18.1. The fraction of sp³-hybridized carbons (Fsp3) is 0.429. The molecule has 1 aromatic rings. The maximum absolute atomic E-state index is 12.1. The second kappa shape index (κ2) is 8.50. The van der Waals surface area contributed by atoms with Crippen molar-refractivity contribution in [1.29, 1.82) is 0 Å². The summed E-state index contributed by atoms with van der Waals surface area (Å²) in [5, 5.41) is 17.6. The van der Waals surface area contributed by atoms with E-state index in [9.17, 15) is 18.0 Å². The predicted octanol–water partition coefficient (Wildman–Crippen LogP) is 1.45. The molecule has 0 aliphatic rings. The van der Waals surface area contributed by atoms with Gasteiger partial charge in [0.2, 0.25) is 10.0 Å². The highest BCUT2D eigenvalue weighted by molar-refractivity contribution is 7.89. The highest BCUT2D eigenvalue weighted by Crippen LogP contribution is 2.12. The van der Waals surface area contributed by atoms with Crippen LogP contribution in [0.15, 0.2) is 35.2 Å². The van der Waals surface area contributed by atoms with E-state index in [4.69, 9.17) is 10.2 Å². The number of carbonyl (C=O) groups is 2. The van der Waals surface area contributed by atoms with Gasteiger partial charge in [-0.3, -0.25) is 9.59 Å². The van der Waals surface area contributed by atoms with Crippen molar-refractivity contribution < 1.29 is 28.2 Å². The molecule has 22 heavy (non-hydrogen) atoms. The van der Waals surface area contributed by atoms with Gasteiger partial charge in [0, 0.05) is 6.42 Å². The lowest BCUT2D eigenvalue weighted by molar-refractivity contribution is -0.139. The second-order valence-corrected chi connectivity index (χ2v) is 6.53. The maximum Gasteiger partial charge on any atom is 0.321 e. The van der Waals surface area contributed by atoms with E-state index in [1.807, 2.05) is 0 Å². The summed E-state index contributed by atoms with van der Waals surface area (Å²) in [6.07, 6.45) is 1.53. The van der Waals surface area contributed by atoms with Crippen molar-refractivity contribution in [2.45, 2.75) is 43.0 Å². The van der Waals surface area contributed by atoms with Gasteiger partial charge >= 0.3 is 11.9 Å². The van der Waals surface area contributed by atoms with E-state index in [2.05, 4.69) is 4.72 Å². The van der Waals surface area contributed by atoms with E-state index in [1.165, 1.54) is 12.1 Å². The number of unbranched alkanes of at least 4 members (excludes halogenated alkanes) is 2. The fourth-order valence-electron chi connectivity index (χ4n) is 1.89. The molecule has 0 saturated carbocycles. The molecule has 0 bridgehead atoms. The van der Waals surface area contributed by atoms with Crippen LogP contribution in [-0.4, -0.2) is 36.6 Å². The Balaban J connectivity index is 2.57. The van der Waals surface area contributed by atoms with Gasteiger partial charge in [0.1, 0.15) is 6.04 Å². The number of hydrogen-bond acceptors (Lipinski definition) is 4. The third kappa shape index (κ3) is 6.23. The lowest BCUT2D eigenvalue weighted by atomic mass is 10.1. The minimum Gasteiger partial charge on any atom is -0.481 e. The van der Waals surface area contributed by atoms with Crippen molar-refractivity contribution in [3.05, 3.63) is 30.3 Å². The molecule has 1 unspecified atom stereocenters. The van der Waals surface area contributed by atoms with E-state index in [-0.39, 0.29) is 17.7 Å². The average molecular weight is 329 g/mol. The second-order valence-electron chi connectivity index (χ2n) is 4.82. The summed E-state index contributed by atoms with van der Waals surface area (Å²) in [6.45, 7) is 0. The standard InChI is InChI=1S/C14H19NO6S/c16-13(17)10-6-2-5-9-12(14(18)19)15-22(20,21)11-7-3-1-4-8-11/h1,3-4,7-8,12,15H,2,5-6,9-10H2,(H,16,17)(H,18,19). The quantitative estimate of drug-likeness (QED) is 0.559. The molecule has 7 nitrogen and oxygen atoms in total. The van der Waals surface area contributed by atoms with Crippen molar-refractivity contribution in [2.24, 2.45) is 0 Å². The number of benzene rings is 1. The number of aliphatic carboxylic acids is 2.